The van der Waals surface area contributed by atoms with Crippen molar-refractivity contribution in [1.82, 2.24) is 50.2 Å². The smallest absolute Gasteiger partial charge is 0.270 e. The first kappa shape index (κ1) is 23.9. The van der Waals surface area contributed by atoms with Crippen LogP contribution in [0.1, 0.15) is 51.9 Å². The SMILES string of the molecule is Cc1cc(Cc2cc(C)[nH]n2)nc(-c2ccc(C(=O)N[C@@H](C)c3cnc(-n4cc(F)cn4)cn3)nc2)n1. The molecule has 0 aromatic carbocycles. The summed E-state index contributed by atoms with van der Waals surface area (Å²) >= 11 is 0. The third-order valence-electron chi connectivity index (χ3n) is 5.52. The lowest BCUT2D eigenvalue weighted by atomic mass is 10.1. The molecule has 5 aromatic heterocycles. The van der Waals surface area contributed by atoms with E-state index in [2.05, 4.69) is 45.5 Å². The lowest BCUT2D eigenvalue weighted by molar-refractivity contribution is 0.0934. The summed E-state index contributed by atoms with van der Waals surface area (Å²) in [6.45, 7) is 5.64. The van der Waals surface area contributed by atoms with Gasteiger partial charge in [-0.05, 0) is 45.0 Å². The number of H-pyrrole nitrogens is 1. The van der Waals surface area contributed by atoms with Gasteiger partial charge in [0.2, 0.25) is 0 Å². The molecule has 5 aromatic rings. The number of hydrogen-bond acceptors (Lipinski definition) is 8. The van der Waals surface area contributed by atoms with Gasteiger partial charge in [-0.3, -0.25) is 19.9 Å². The van der Waals surface area contributed by atoms with Crippen molar-refractivity contribution in [3.63, 3.8) is 0 Å². The van der Waals surface area contributed by atoms with Gasteiger partial charge in [0.25, 0.3) is 5.91 Å². The van der Waals surface area contributed by atoms with Crippen LogP contribution in [0.15, 0.2) is 55.2 Å². The quantitative estimate of drug-likeness (QED) is 0.349. The molecule has 2 N–H and O–H groups in total. The van der Waals surface area contributed by atoms with Crippen LogP contribution in [0.2, 0.25) is 0 Å². The van der Waals surface area contributed by atoms with Gasteiger partial charge in [-0.2, -0.15) is 10.2 Å². The molecule has 11 nitrogen and oxygen atoms in total. The van der Waals surface area contributed by atoms with E-state index in [4.69, 9.17) is 0 Å². The minimum Gasteiger partial charge on any atom is -0.343 e. The zero-order chi connectivity index (χ0) is 25.9. The number of pyridine rings is 1. The first-order valence-electron chi connectivity index (χ1n) is 11.5. The van der Waals surface area contributed by atoms with Crippen LogP contribution in [0.5, 0.6) is 0 Å². The molecule has 0 aliphatic heterocycles. The summed E-state index contributed by atoms with van der Waals surface area (Å²) in [6, 6.07) is 6.86. The van der Waals surface area contributed by atoms with Crippen molar-refractivity contribution in [3.8, 4) is 17.2 Å². The maximum atomic E-state index is 13.2. The molecule has 0 spiro atoms. The van der Waals surface area contributed by atoms with Crippen LogP contribution < -0.4 is 5.32 Å². The lowest BCUT2D eigenvalue weighted by Gasteiger charge is -2.13. The molecule has 0 bridgehead atoms. The Morgan fingerprint density at radius 3 is 2.57 bits per heavy atom. The lowest BCUT2D eigenvalue weighted by Crippen LogP contribution is -2.28. The van der Waals surface area contributed by atoms with Gasteiger partial charge in [0.1, 0.15) is 5.69 Å². The van der Waals surface area contributed by atoms with E-state index < -0.39 is 11.9 Å². The number of rotatable bonds is 7. The summed E-state index contributed by atoms with van der Waals surface area (Å²) in [5.41, 5.74) is 5.03. The molecule has 12 heteroatoms. The van der Waals surface area contributed by atoms with Crippen LogP contribution in [0.4, 0.5) is 4.39 Å². The van der Waals surface area contributed by atoms with Crippen LogP contribution in [-0.2, 0) is 6.42 Å². The Hall–Kier alpha value is -4.87. The molecule has 0 unspecified atom stereocenters. The fraction of sp³-hybridized carbons (Fsp3) is 0.200. The molecule has 0 saturated carbocycles. The van der Waals surface area contributed by atoms with Crippen molar-refractivity contribution in [2.24, 2.45) is 0 Å². The number of nitrogens with zero attached hydrogens (tertiary/aromatic N) is 8. The number of halogens is 1. The molecule has 0 saturated heterocycles. The van der Waals surface area contributed by atoms with Crippen molar-refractivity contribution < 1.29 is 9.18 Å². The third kappa shape index (κ3) is 5.53. The van der Waals surface area contributed by atoms with E-state index in [1.807, 2.05) is 26.0 Å². The van der Waals surface area contributed by atoms with E-state index in [1.165, 1.54) is 23.3 Å². The molecule has 1 atom stereocenters. The van der Waals surface area contributed by atoms with Gasteiger partial charge in [0.15, 0.2) is 17.5 Å². The van der Waals surface area contributed by atoms with Crippen molar-refractivity contribution in [3.05, 3.63) is 95.2 Å². The molecule has 0 aliphatic rings. The molecule has 0 fully saturated rings. The number of hydrogen-bond donors (Lipinski definition) is 2. The molecule has 1 amide bonds. The van der Waals surface area contributed by atoms with Crippen molar-refractivity contribution in [2.75, 3.05) is 0 Å². The van der Waals surface area contributed by atoms with Gasteiger partial charge in [-0.25, -0.2) is 24.0 Å². The topological polar surface area (TPSA) is 140 Å². The Labute approximate surface area is 211 Å². The third-order valence-corrected chi connectivity index (χ3v) is 5.52. The van der Waals surface area contributed by atoms with E-state index in [0.717, 1.165) is 29.0 Å². The van der Waals surface area contributed by atoms with Crippen molar-refractivity contribution >= 4 is 5.91 Å². The molecule has 5 rings (SSSR count). The standard InChI is InChI=1S/C25H23FN10O/c1-14-6-19(8-20-7-15(2)34-35-20)33-24(31-14)17-4-5-21(27-9-17)25(37)32-16(3)22-11-29-23(12-28-22)36-13-18(26)10-30-36/h4-7,9-13,16H,8H2,1-3H3,(H,32,37)(H,34,35)/t16-/m0/s1. The predicted octanol–water partition coefficient (Wildman–Crippen LogP) is 3.08. The fourth-order valence-electron chi connectivity index (χ4n) is 3.71. The minimum absolute atomic E-state index is 0.243. The van der Waals surface area contributed by atoms with Gasteiger partial charge < -0.3 is 5.32 Å². The zero-order valence-electron chi connectivity index (χ0n) is 20.3. The Balaban J connectivity index is 1.25. The zero-order valence-corrected chi connectivity index (χ0v) is 20.3. The highest BCUT2D eigenvalue weighted by atomic mass is 19.1. The molecule has 186 valence electrons. The number of aromatic nitrogens is 9. The summed E-state index contributed by atoms with van der Waals surface area (Å²) in [7, 11) is 0. The number of carbonyl (C=O) groups is 1. The number of aromatic amines is 1. The van der Waals surface area contributed by atoms with Crippen LogP contribution in [0, 0.1) is 19.7 Å². The highest BCUT2D eigenvalue weighted by Gasteiger charge is 2.16. The highest BCUT2D eigenvalue weighted by molar-refractivity contribution is 5.92. The average Bonchev–Trinajstić information content (AvgIpc) is 3.51. The van der Waals surface area contributed by atoms with Crippen LogP contribution in [-0.4, -0.2) is 50.8 Å². The van der Waals surface area contributed by atoms with Crippen LogP contribution in [0.3, 0.4) is 0 Å². The van der Waals surface area contributed by atoms with Gasteiger partial charge >= 0.3 is 0 Å². The van der Waals surface area contributed by atoms with Gasteiger partial charge in [0.05, 0.1) is 47.9 Å². The summed E-state index contributed by atoms with van der Waals surface area (Å²) in [4.78, 5) is 34.8. The molecule has 37 heavy (non-hydrogen) atoms. The second-order valence-corrected chi connectivity index (χ2v) is 8.57. The second kappa shape index (κ2) is 10.0. The Kier molecular flexibility index (Phi) is 6.45. The monoisotopic (exact) mass is 498 g/mol. The number of aryl methyl sites for hydroxylation is 2. The Morgan fingerprint density at radius 1 is 1.05 bits per heavy atom. The van der Waals surface area contributed by atoms with Gasteiger partial charge in [-0.1, -0.05) is 0 Å². The van der Waals surface area contributed by atoms with E-state index in [0.29, 0.717) is 29.3 Å². The maximum Gasteiger partial charge on any atom is 0.270 e. The van der Waals surface area contributed by atoms with Gasteiger partial charge in [-0.15, -0.1) is 0 Å². The van der Waals surface area contributed by atoms with Gasteiger partial charge in [0, 0.05) is 29.6 Å². The normalized spacial score (nSPS) is 11.9. The van der Waals surface area contributed by atoms with Crippen LogP contribution >= 0.6 is 0 Å². The first-order valence-corrected chi connectivity index (χ1v) is 11.5. The Bertz CT molecular complexity index is 1540. The van der Waals surface area contributed by atoms with E-state index in [-0.39, 0.29) is 11.6 Å². The summed E-state index contributed by atoms with van der Waals surface area (Å²) in [6.07, 6.45) is 7.41. The predicted molar refractivity (Wildman–Crippen MR) is 131 cm³/mol. The number of carbonyl (C=O) groups excluding carboxylic acids is 1. The summed E-state index contributed by atoms with van der Waals surface area (Å²) in [5, 5.41) is 13.9. The first-order chi connectivity index (χ1) is 17.8. The second-order valence-electron chi connectivity index (χ2n) is 8.57. The summed E-state index contributed by atoms with van der Waals surface area (Å²) in [5.74, 6) is 0.0641. The number of nitrogens with one attached hydrogen (secondary N) is 2. The van der Waals surface area contributed by atoms with Crippen molar-refractivity contribution in [1.29, 1.82) is 0 Å². The fourth-order valence-corrected chi connectivity index (χ4v) is 3.71. The molecule has 0 radical (unpaired) electrons. The highest BCUT2D eigenvalue weighted by Crippen LogP contribution is 2.18. The maximum absolute atomic E-state index is 13.2. The van der Waals surface area contributed by atoms with E-state index in [1.54, 1.807) is 25.3 Å². The summed E-state index contributed by atoms with van der Waals surface area (Å²) < 4.78 is 14.4. The largest absolute Gasteiger partial charge is 0.343 e. The molecule has 0 aliphatic carbocycles. The van der Waals surface area contributed by atoms with E-state index >= 15 is 0 Å². The molecular formula is C25H23FN10O. The average molecular weight is 499 g/mol. The van der Waals surface area contributed by atoms with Crippen molar-refractivity contribution in [2.45, 2.75) is 33.2 Å². The molecular weight excluding hydrogens is 475 g/mol. The van der Waals surface area contributed by atoms with E-state index in [9.17, 15) is 9.18 Å². The Morgan fingerprint density at radius 2 is 1.92 bits per heavy atom. The number of amides is 1. The van der Waals surface area contributed by atoms with Crippen LogP contribution in [0.25, 0.3) is 17.2 Å². The molecule has 5 heterocycles. The minimum atomic E-state index is -0.469.